The number of hydrogen-bond donors (Lipinski definition) is 2. The molecule has 1 aliphatic rings. The molecule has 0 unspecified atom stereocenters. The highest BCUT2D eigenvalue weighted by atomic mass is 35.5. The fraction of sp³-hybridized carbons (Fsp3) is 0.125. The lowest BCUT2D eigenvalue weighted by atomic mass is 10.2. The summed E-state index contributed by atoms with van der Waals surface area (Å²) < 4.78 is 5.32. The number of anilines is 2. The van der Waals surface area contributed by atoms with Crippen LogP contribution in [0.15, 0.2) is 36.4 Å². The predicted molar refractivity (Wildman–Crippen MR) is 91.0 cm³/mol. The zero-order chi connectivity index (χ0) is 17.3. The van der Waals surface area contributed by atoms with Gasteiger partial charge in [0.15, 0.2) is 6.61 Å². The lowest BCUT2D eigenvalue weighted by Gasteiger charge is -2.29. The molecule has 2 aromatic carbocycles. The normalized spacial score (nSPS) is 13.2. The number of rotatable bonds is 3. The molecular weight excluding hydrogens is 355 g/mol. The van der Waals surface area contributed by atoms with Gasteiger partial charge in [-0.15, -0.1) is 0 Å². The van der Waals surface area contributed by atoms with Gasteiger partial charge in [0.2, 0.25) is 5.91 Å². The Morgan fingerprint density at radius 3 is 2.71 bits per heavy atom. The van der Waals surface area contributed by atoms with E-state index in [1.807, 2.05) is 0 Å². The molecular formula is C16H12Cl2N2O4. The Hall–Kier alpha value is -2.44. The topological polar surface area (TPSA) is 78.9 Å². The number of amides is 2. The van der Waals surface area contributed by atoms with Crippen molar-refractivity contribution >= 4 is 46.4 Å². The largest absolute Gasteiger partial charge is 0.506 e. The van der Waals surface area contributed by atoms with Crippen molar-refractivity contribution in [2.24, 2.45) is 0 Å². The summed E-state index contributed by atoms with van der Waals surface area (Å²) in [6.07, 6.45) is 0. The number of benzene rings is 2. The molecule has 0 aliphatic carbocycles. The Balaban J connectivity index is 1.80. The number of hydrogen-bond acceptors (Lipinski definition) is 4. The van der Waals surface area contributed by atoms with Gasteiger partial charge < -0.3 is 15.2 Å². The molecule has 0 saturated heterocycles. The average molecular weight is 367 g/mol. The molecule has 0 saturated carbocycles. The minimum atomic E-state index is -0.492. The summed E-state index contributed by atoms with van der Waals surface area (Å²) in [5, 5.41) is 13.1. The highest BCUT2D eigenvalue weighted by molar-refractivity contribution is 6.31. The van der Waals surface area contributed by atoms with E-state index in [2.05, 4.69) is 5.32 Å². The molecule has 2 amide bonds. The molecule has 8 heteroatoms. The lowest BCUT2D eigenvalue weighted by molar-refractivity contribution is -0.123. The van der Waals surface area contributed by atoms with E-state index < -0.39 is 5.91 Å². The Morgan fingerprint density at radius 2 is 1.92 bits per heavy atom. The van der Waals surface area contributed by atoms with Crippen LogP contribution in [0, 0.1) is 0 Å². The van der Waals surface area contributed by atoms with Crippen molar-refractivity contribution in [2.45, 2.75) is 0 Å². The number of ether oxygens (including phenoxy) is 1. The van der Waals surface area contributed by atoms with Crippen molar-refractivity contribution in [1.82, 2.24) is 0 Å². The standard InChI is InChI=1S/C16H12Cl2N2O4/c17-9-1-3-13(21)11(5-9)19-15(22)7-20-12-6-10(18)2-4-14(12)24-8-16(20)23/h1-6,21H,7-8H2,(H,19,22). The van der Waals surface area contributed by atoms with Gasteiger partial charge in [-0.2, -0.15) is 0 Å². The molecule has 0 bridgehead atoms. The number of carbonyl (C=O) groups is 2. The minimum absolute atomic E-state index is 0.121. The third kappa shape index (κ3) is 3.39. The van der Waals surface area contributed by atoms with Crippen molar-refractivity contribution in [3.8, 4) is 11.5 Å². The van der Waals surface area contributed by atoms with E-state index in [-0.39, 0.29) is 30.5 Å². The summed E-state index contributed by atoms with van der Waals surface area (Å²) in [5.74, 6) is -0.508. The second-order valence-electron chi connectivity index (χ2n) is 5.09. The summed E-state index contributed by atoms with van der Waals surface area (Å²) in [4.78, 5) is 25.6. The van der Waals surface area contributed by atoms with Gasteiger partial charge in [0.1, 0.15) is 18.0 Å². The number of halogens is 2. The summed E-state index contributed by atoms with van der Waals surface area (Å²) >= 11 is 11.8. The molecule has 6 nitrogen and oxygen atoms in total. The average Bonchev–Trinajstić information content (AvgIpc) is 2.54. The SMILES string of the molecule is O=C(CN1C(=O)COc2ccc(Cl)cc21)Nc1cc(Cl)ccc1O. The first-order chi connectivity index (χ1) is 11.4. The van der Waals surface area contributed by atoms with Gasteiger partial charge >= 0.3 is 0 Å². The number of nitrogens with one attached hydrogen (secondary N) is 1. The van der Waals surface area contributed by atoms with Crippen LogP contribution in [-0.4, -0.2) is 30.1 Å². The van der Waals surface area contributed by atoms with Gasteiger partial charge in [-0.3, -0.25) is 14.5 Å². The Labute approximate surface area is 147 Å². The van der Waals surface area contributed by atoms with E-state index in [1.165, 1.54) is 23.1 Å². The molecule has 0 radical (unpaired) electrons. The highest BCUT2D eigenvalue weighted by Crippen LogP contribution is 2.34. The molecule has 0 fully saturated rings. The third-order valence-electron chi connectivity index (χ3n) is 3.40. The summed E-state index contributed by atoms with van der Waals surface area (Å²) in [7, 11) is 0. The molecule has 2 N–H and O–H groups in total. The van der Waals surface area contributed by atoms with Gasteiger partial charge in [-0.1, -0.05) is 23.2 Å². The lowest BCUT2D eigenvalue weighted by Crippen LogP contribution is -2.43. The molecule has 24 heavy (non-hydrogen) atoms. The van der Waals surface area contributed by atoms with Gasteiger partial charge in [0, 0.05) is 10.0 Å². The quantitative estimate of drug-likeness (QED) is 0.818. The maximum Gasteiger partial charge on any atom is 0.265 e. The van der Waals surface area contributed by atoms with E-state index in [1.54, 1.807) is 18.2 Å². The third-order valence-corrected chi connectivity index (χ3v) is 3.87. The zero-order valence-electron chi connectivity index (χ0n) is 12.3. The van der Waals surface area contributed by atoms with Crippen molar-refractivity contribution in [1.29, 1.82) is 0 Å². The summed E-state index contributed by atoms with van der Waals surface area (Å²) in [6.45, 7) is -0.411. The first kappa shape index (κ1) is 16.4. The fourth-order valence-corrected chi connectivity index (χ4v) is 2.63. The van der Waals surface area contributed by atoms with E-state index in [0.29, 0.717) is 21.5 Å². The van der Waals surface area contributed by atoms with Crippen LogP contribution in [0.5, 0.6) is 11.5 Å². The smallest absolute Gasteiger partial charge is 0.265 e. The molecule has 124 valence electrons. The molecule has 0 spiro atoms. The number of carbonyl (C=O) groups excluding carboxylic acids is 2. The van der Waals surface area contributed by atoms with Crippen LogP contribution >= 0.6 is 23.2 Å². The van der Waals surface area contributed by atoms with Gasteiger partial charge in [-0.05, 0) is 36.4 Å². The van der Waals surface area contributed by atoms with Crippen LogP contribution in [0.1, 0.15) is 0 Å². The Kier molecular flexibility index (Phi) is 4.51. The summed E-state index contributed by atoms with van der Waals surface area (Å²) in [6, 6.07) is 9.11. The van der Waals surface area contributed by atoms with Crippen LogP contribution in [0.4, 0.5) is 11.4 Å². The second kappa shape index (κ2) is 6.59. The van der Waals surface area contributed by atoms with E-state index in [9.17, 15) is 14.7 Å². The van der Waals surface area contributed by atoms with Crippen molar-refractivity contribution < 1.29 is 19.4 Å². The predicted octanol–water partition coefficient (Wildman–Crippen LogP) is 3.06. The molecule has 2 aromatic rings. The molecule has 0 aromatic heterocycles. The number of fused-ring (bicyclic) bond motifs is 1. The first-order valence-corrected chi connectivity index (χ1v) is 7.71. The molecule has 1 aliphatic heterocycles. The van der Waals surface area contributed by atoms with E-state index in [4.69, 9.17) is 27.9 Å². The van der Waals surface area contributed by atoms with Crippen molar-refractivity contribution in [2.75, 3.05) is 23.4 Å². The molecule has 3 rings (SSSR count). The zero-order valence-corrected chi connectivity index (χ0v) is 13.8. The number of phenols is 1. The number of aromatic hydroxyl groups is 1. The molecule has 0 atom stereocenters. The minimum Gasteiger partial charge on any atom is -0.506 e. The maximum atomic E-state index is 12.3. The monoisotopic (exact) mass is 366 g/mol. The van der Waals surface area contributed by atoms with Crippen LogP contribution in [0.25, 0.3) is 0 Å². The van der Waals surface area contributed by atoms with Crippen LogP contribution in [-0.2, 0) is 9.59 Å². The van der Waals surface area contributed by atoms with E-state index in [0.717, 1.165) is 0 Å². The van der Waals surface area contributed by atoms with Gasteiger partial charge in [-0.25, -0.2) is 0 Å². The van der Waals surface area contributed by atoms with Crippen molar-refractivity contribution in [3.63, 3.8) is 0 Å². The summed E-state index contributed by atoms with van der Waals surface area (Å²) in [5.41, 5.74) is 0.587. The Morgan fingerprint density at radius 1 is 1.21 bits per heavy atom. The van der Waals surface area contributed by atoms with Crippen LogP contribution in [0.3, 0.4) is 0 Å². The van der Waals surface area contributed by atoms with Gasteiger partial charge in [0.25, 0.3) is 5.91 Å². The molecule has 1 heterocycles. The highest BCUT2D eigenvalue weighted by Gasteiger charge is 2.27. The number of phenolic OH excluding ortho intramolecular Hbond substituents is 1. The van der Waals surface area contributed by atoms with E-state index >= 15 is 0 Å². The fourth-order valence-electron chi connectivity index (χ4n) is 2.29. The van der Waals surface area contributed by atoms with Crippen LogP contribution < -0.4 is 15.0 Å². The van der Waals surface area contributed by atoms with Gasteiger partial charge in [0.05, 0.1) is 11.4 Å². The Bertz CT molecular complexity index is 826. The second-order valence-corrected chi connectivity index (χ2v) is 5.96. The first-order valence-electron chi connectivity index (χ1n) is 6.95. The van der Waals surface area contributed by atoms with Crippen LogP contribution in [0.2, 0.25) is 10.0 Å². The number of nitrogens with zero attached hydrogens (tertiary/aromatic N) is 1. The van der Waals surface area contributed by atoms with Crippen molar-refractivity contribution in [3.05, 3.63) is 46.4 Å². The maximum absolute atomic E-state index is 12.3.